The van der Waals surface area contributed by atoms with Crippen molar-refractivity contribution in [1.82, 2.24) is 0 Å². The van der Waals surface area contributed by atoms with Gasteiger partial charge >= 0.3 is 5.97 Å². The smallest absolute Gasteiger partial charge is 0.335 e. The second-order valence-corrected chi connectivity index (χ2v) is 3.30. The van der Waals surface area contributed by atoms with Crippen molar-refractivity contribution in [3.63, 3.8) is 0 Å². The normalized spacial score (nSPS) is 22.6. The average Bonchev–Trinajstić information content (AvgIpc) is 3.04. The molecular weight excluding hydrogens is 251 g/mol. The molecule has 0 saturated carbocycles. The Morgan fingerprint density at radius 3 is 1.71 bits per heavy atom. The first kappa shape index (κ1) is 11.8. The highest BCUT2D eigenvalue weighted by molar-refractivity contribution is 5.76. The lowest BCUT2D eigenvalue weighted by Gasteiger charge is -2.05. The number of hydrogen-bond acceptors (Lipinski definition) is 2. The number of aliphatic carboxylic acids is 1. The van der Waals surface area contributed by atoms with Gasteiger partial charge in [-0.25, -0.2) is 26.7 Å². The molecule has 1 fully saturated rings. The Balaban J connectivity index is 2.53. The Morgan fingerprint density at radius 1 is 0.941 bits per heavy atom. The lowest BCUT2D eigenvalue weighted by molar-refractivity contribution is -0.138. The maximum atomic E-state index is 13.1. The van der Waals surface area contributed by atoms with Gasteiger partial charge in [0.05, 0.1) is 5.56 Å². The van der Waals surface area contributed by atoms with Crippen LogP contribution >= 0.6 is 0 Å². The lowest BCUT2D eigenvalue weighted by Crippen LogP contribution is -2.10. The molecule has 17 heavy (non-hydrogen) atoms. The van der Waals surface area contributed by atoms with Gasteiger partial charge in [0, 0.05) is 0 Å². The third-order valence-corrected chi connectivity index (χ3v) is 2.26. The molecule has 0 radical (unpaired) electrons. The van der Waals surface area contributed by atoms with Crippen LogP contribution in [0.4, 0.5) is 22.0 Å². The summed E-state index contributed by atoms with van der Waals surface area (Å²) in [6.07, 6.45) is -3.25. The van der Waals surface area contributed by atoms with Crippen LogP contribution in [0.25, 0.3) is 0 Å². The van der Waals surface area contributed by atoms with Crippen LogP contribution in [0.2, 0.25) is 0 Å². The van der Waals surface area contributed by atoms with Crippen molar-refractivity contribution in [3.05, 3.63) is 34.6 Å². The summed E-state index contributed by atoms with van der Waals surface area (Å²) in [4.78, 5) is 10.4. The van der Waals surface area contributed by atoms with Crippen LogP contribution in [-0.4, -0.2) is 17.2 Å². The van der Waals surface area contributed by atoms with E-state index in [4.69, 9.17) is 5.11 Å². The molecule has 1 aromatic rings. The van der Waals surface area contributed by atoms with Gasteiger partial charge in [-0.15, -0.1) is 0 Å². The van der Waals surface area contributed by atoms with Crippen LogP contribution in [0.5, 0.6) is 0 Å². The van der Waals surface area contributed by atoms with E-state index in [0.29, 0.717) is 0 Å². The fourth-order valence-corrected chi connectivity index (χ4v) is 1.39. The van der Waals surface area contributed by atoms with Gasteiger partial charge in [0.2, 0.25) is 5.82 Å². The molecule has 1 aliphatic rings. The summed E-state index contributed by atoms with van der Waals surface area (Å²) >= 11 is 0. The van der Waals surface area contributed by atoms with Crippen molar-refractivity contribution in [3.8, 4) is 0 Å². The van der Waals surface area contributed by atoms with E-state index >= 15 is 0 Å². The van der Waals surface area contributed by atoms with E-state index in [9.17, 15) is 26.7 Å². The summed E-state index contributed by atoms with van der Waals surface area (Å²) < 4.78 is 68.8. The predicted octanol–water partition coefficient (Wildman–Crippen LogP) is 1.91. The van der Waals surface area contributed by atoms with Gasteiger partial charge in [0.15, 0.2) is 29.4 Å². The largest absolute Gasteiger partial charge is 0.479 e. The Morgan fingerprint density at radius 2 is 1.35 bits per heavy atom. The number of carboxylic acid groups (broad SMARTS) is 1. The number of ether oxygens (including phenoxy) is 1. The van der Waals surface area contributed by atoms with Gasteiger partial charge in [-0.3, -0.25) is 0 Å². The summed E-state index contributed by atoms with van der Waals surface area (Å²) in [5.41, 5.74) is -1.26. The first-order valence-electron chi connectivity index (χ1n) is 4.25. The number of halogens is 5. The Bertz CT molecular complexity index is 487. The SMILES string of the molecule is O=C(O)C1OC1c1c(F)c(F)c(F)c(F)c1F. The molecule has 3 nitrogen and oxygen atoms in total. The van der Waals surface area contributed by atoms with Crippen molar-refractivity contribution in [2.45, 2.75) is 12.2 Å². The van der Waals surface area contributed by atoms with E-state index in [1.54, 1.807) is 0 Å². The van der Waals surface area contributed by atoms with Crippen LogP contribution in [0.15, 0.2) is 0 Å². The van der Waals surface area contributed by atoms with Crippen LogP contribution in [0.1, 0.15) is 11.7 Å². The number of benzene rings is 1. The molecule has 0 aliphatic carbocycles. The first-order valence-corrected chi connectivity index (χ1v) is 4.25. The van der Waals surface area contributed by atoms with Gasteiger partial charge in [-0.2, -0.15) is 0 Å². The maximum absolute atomic E-state index is 13.1. The third-order valence-electron chi connectivity index (χ3n) is 2.26. The topological polar surface area (TPSA) is 49.8 Å². The molecule has 0 spiro atoms. The summed E-state index contributed by atoms with van der Waals surface area (Å²) in [7, 11) is 0. The summed E-state index contributed by atoms with van der Waals surface area (Å²) in [5.74, 6) is -12.2. The third kappa shape index (κ3) is 1.64. The van der Waals surface area contributed by atoms with Gasteiger partial charge < -0.3 is 9.84 Å². The molecule has 1 aromatic carbocycles. The molecule has 1 aliphatic heterocycles. The molecule has 0 bridgehead atoms. The highest BCUT2D eigenvalue weighted by atomic mass is 19.2. The number of hydrogen-bond donors (Lipinski definition) is 1. The van der Waals surface area contributed by atoms with E-state index in [-0.39, 0.29) is 0 Å². The van der Waals surface area contributed by atoms with E-state index in [0.717, 1.165) is 0 Å². The van der Waals surface area contributed by atoms with Crippen LogP contribution in [0, 0.1) is 29.1 Å². The highest BCUT2D eigenvalue weighted by Crippen LogP contribution is 2.42. The molecule has 8 heteroatoms. The molecule has 2 rings (SSSR count). The van der Waals surface area contributed by atoms with Crippen molar-refractivity contribution >= 4 is 5.97 Å². The van der Waals surface area contributed by atoms with Crippen LogP contribution in [0.3, 0.4) is 0 Å². The zero-order chi connectivity index (χ0) is 12.9. The molecular formula is C9H3F5O3. The maximum Gasteiger partial charge on any atom is 0.335 e. The zero-order valence-electron chi connectivity index (χ0n) is 7.81. The predicted molar refractivity (Wildman–Crippen MR) is 41.5 cm³/mol. The quantitative estimate of drug-likeness (QED) is 0.379. The molecule has 1 N–H and O–H groups in total. The van der Waals surface area contributed by atoms with Gasteiger partial charge in [-0.05, 0) is 0 Å². The van der Waals surface area contributed by atoms with Gasteiger partial charge in [0.25, 0.3) is 0 Å². The minimum atomic E-state index is -2.30. The minimum absolute atomic E-state index is 1.26. The van der Waals surface area contributed by atoms with Crippen molar-refractivity contribution < 1.29 is 36.6 Å². The van der Waals surface area contributed by atoms with Gasteiger partial charge in [0.1, 0.15) is 6.10 Å². The monoisotopic (exact) mass is 254 g/mol. The standard InChI is InChI=1S/C9H3F5O3/c10-2-1(7-8(17-7)9(15)16)3(11)5(13)6(14)4(2)12/h7-8H,(H,15,16). The molecule has 92 valence electrons. The number of carbonyl (C=O) groups is 1. The Labute approximate surface area is 90.4 Å². The van der Waals surface area contributed by atoms with Gasteiger partial charge in [-0.1, -0.05) is 0 Å². The minimum Gasteiger partial charge on any atom is -0.479 e. The summed E-state index contributed by atoms with van der Waals surface area (Å²) in [6, 6.07) is 0. The number of rotatable bonds is 2. The molecule has 2 unspecified atom stereocenters. The second-order valence-electron chi connectivity index (χ2n) is 3.30. The number of epoxide rings is 1. The molecule has 1 saturated heterocycles. The van der Waals surface area contributed by atoms with Crippen LogP contribution < -0.4 is 0 Å². The average molecular weight is 254 g/mol. The fourth-order valence-electron chi connectivity index (χ4n) is 1.39. The second kappa shape index (κ2) is 3.66. The highest BCUT2D eigenvalue weighted by Gasteiger charge is 2.50. The van der Waals surface area contributed by atoms with E-state index in [2.05, 4.69) is 4.74 Å². The molecule has 0 aromatic heterocycles. The fraction of sp³-hybridized carbons (Fsp3) is 0.222. The lowest BCUT2D eigenvalue weighted by atomic mass is 10.1. The summed E-state index contributed by atoms with van der Waals surface area (Å²) in [6.45, 7) is 0. The molecule has 2 atom stereocenters. The Kier molecular flexibility index (Phi) is 2.53. The van der Waals surface area contributed by atoms with E-state index in [1.165, 1.54) is 0 Å². The Hall–Kier alpha value is -1.70. The molecule has 1 heterocycles. The van der Waals surface area contributed by atoms with Crippen LogP contribution in [-0.2, 0) is 9.53 Å². The first-order chi connectivity index (χ1) is 7.86. The van der Waals surface area contributed by atoms with Crippen molar-refractivity contribution in [1.29, 1.82) is 0 Å². The zero-order valence-corrected chi connectivity index (χ0v) is 7.81. The van der Waals surface area contributed by atoms with Crippen molar-refractivity contribution in [2.24, 2.45) is 0 Å². The van der Waals surface area contributed by atoms with E-state index < -0.39 is 52.8 Å². The van der Waals surface area contributed by atoms with E-state index in [1.807, 2.05) is 0 Å². The van der Waals surface area contributed by atoms with Crippen molar-refractivity contribution in [2.75, 3.05) is 0 Å². The summed E-state index contributed by atoms with van der Waals surface area (Å²) in [5, 5.41) is 8.43. The number of carboxylic acids is 1. The molecule has 0 amide bonds.